The van der Waals surface area contributed by atoms with Crippen molar-refractivity contribution in [3.8, 4) is 0 Å². The Labute approximate surface area is 83.9 Å². The van der Waals surface area contributed by atoms with Crippen molar-refractivity contribution in [3.63, 3.8) is 0 Å². The third kappa shape index (κ3) is 6.22. The van der Waals surface area contributed by atoms with E-state index in [1.807, 2.05) is 13.8 Å². The van der Waals surface area contributed by atoms with E-state index in [9.17, 15) is 9.59 Å². The number of ether oxygens (including phenoxy) is 2. The third-order valence-electron chi connectivity index (χ3n) is 1.58. The van der Waals surface area contributed by atoms with Gasteiger partial charge in [0.1, 0.15) is 0 Å². The van der Waals surface area contributed by atoms with Gasteiger partial charge in [0, 0.05) is 6.92 Å². The smallest absolute Gasteiger partial charge is 0.307 e. The molecule has 0 amide bonds. The van der Waals surface area contributed by atoms with Gasteiger partial charge in [0.05, 0.1) is 19.8 Å². The minimum absolute atomic E-state index is 0.251. The third-order valence-corrected chi connectivity index (χ3v) is 1.58. The van der Waals surface area contributed by atoms with Gasteiger partial charge in [0.25, 0.3) is 0 Å². The lowest BCUT2D eigenvalue weighted by Crippen LogP contribution is -2.15. The maximum atomic E-state index is 11.0. The van der Waals surface area contributed by atoms with Crippen LogP contribution in [0.2, 0.25) is 0 Å². The summed E-state index contributed by atoms with van der Waals surface area (Å²) in [6.07, 6.45) is 3.21. The Morgan fingerprint density at radius 3 is 2.36 bits per heavy atom. The average Bonchev–Trinajstić information content (AvgIpc) is 2.02. The molecule has 0 heterocycles. The predicted octanol–water partition coefficient (Wildman–Crippen LogP) is 1.65. The monoisotopic (exact) mass is 200 g/mol. The van der Waals surface area contributed by atoms with Crippen LogP contribution in [0, 0.1) is 5.41 Å². The van der Waals surface area contributed by atoms with Gasteiger partial charge in [0.15, 0.2) is 0 Å². The molecular weight excluding hydrogens is 184 g/mol. The average molecular weight is 200 g/mol. The van der Waals surface area contributed by atoms with Crippen LogP contribution >= 0.6 is 0 Å². The summed E-state index contributed by atoms with van der Waals surface area (Å²) >= 11 is 0. The van der Waals surface area contributed by atoms with E-state index in [0.717, 1.165) is 0 Å². The van der Waals surface area contributed by atoms with E-state index >= 15 is 0 Å². The Balaban J connectivity index is 4.12. The van der Waals surface area contributed by atoms with E-state index in [2.05, 4.69) is 9.47 Å². The molecule has 0 unspecified atom stereocenters. The first-order valence-electron chi connectivity index (χ1n) is 4.29. The number of rotatable bonds is 4. The second-order valence-electron chi connectivity index (χ2n) is 3.65. The number of allylic oxidation sites excluding steroid dienone is 1. The van der Waals surface area contributed by atoms with Crippen LogP contribution in [0.3, 0.4) is 0 Å². The lowest BCUT2D eigenvalue weighted by Gasteiger charge is -2.17. The van der Waals surface area contributed by atoms with Gasteiger partial charge in [-0.1, -0.05) is 13.8 Å². The molecule has 0 fully saturated rings. The molecule has 0 N–H and O–H groups in total. The fraction of sp³-hybridized carbons (Fsp3) is 0.600. The first kappa shape index (κ1) is 12.7. The molecule has 0 aliphatic rings. The van der Waals surface area contributed by atoms with Crippen molar-refractivity contribution < 1.29 is 19.1 Å². The molecule has 80 valence electrons. The molecule has 0 spiro atoms. The van der Waals surface area contributed by atoms with Crippen molar-refractivity contribution in [2.45, 2.75) is 27.2 Å². The maximum Gasteiger partial charge on any atom is 0.307 e. The zero-order valence-electron chi connectivity index (χ0n) is 8.99. The molecular formula is C10H16O4. The molecule has 0 saturated heterocycles. The molecule has 0 aliphatic carbocycles. The largest absolute Gasteiger partial charge is 0.469 e. The molecule has 4 heteroatoms. The second-order valence-corrected chi connectivity index (χ2v) is 3.65. The Morgan fingerprint density at radius 1 is 1.36 bits per heavy atom. The second kappa shape index (κ2) is 5.42. The lowest BCUT2D eigenvalue weighted by molar-refractivity contribution is -0.142. The highest BCUT2D eigenvalue weighted by molar-refractivity contribution is 5.70. The Hall–Kier alpha value is -1.32. The zero-order chi connectivity index (χ0) is 11.2. The van der Waals surface area contributed by atoms with Gasteiger partial charge in [-0.2, -0.15) is 0 Å². The van der Waals surface area contributed by atoms with Crippen LogP contribution in [0.15, 0.2) is 12.3 Å². The number of hydrogen-bond donors (Lipinski definition) is 0. The number of esters is 2. The fourth-order valence-corrected chi connectivity index (χ4v) is 0.817. The van der Waals surface area contributed by atoms with Crippen molar-refractivity contribution in [1.82, 2.24) is 0 Å². The molecule has 0 bridgehead atoms. The van der Waals surface area contributed by atoms with Crippen molar-refractivity contribution in [2.75, 3.05) is 7.11 Å². The molecule has 0 aromatic rings. The summed E-state index contributed by atoms with van der Waals surface area (Å²) in [7, 11) is 1.34. The van der Waals surface area contributed by atoms with Crippen LogP contribution in [0.4, 0.5) is 0 Å². The summed E-state index contributed by atoms with van der Waals surface area (Å²) in [6.45, 7) is 5.02. The molecule has 0 aliphatic heterocycles. The molecule has 14 heavy (non-hydrogen) atoms. The van der Waals surface area contributed by atoms with E-state index in [-0.39, 0.29) is 23.8 Å². The van der Waals surface area contributed by atoms with Crippen LogP contribution in [-0.2, 0) is 19.1 Å². The molecule has 0 atom stereocenters. The van der Waals surface area contributed by atoms with Crippen molar-refractivity contribution in [2.24, 2.45) is 5.41 Å². The number of hydrogen-bond acceptors (Lipinski definition) is 4. The van der Waals surface area contributed by atoms with Gasteiger partial charge < -0.3 is 9.47 Å². The van der Waals surface area contributed by atoms with Gasteiger partial charge in [-0.3, -0.25) is 9.59 Å². The van der Waals surface area contributed by atoms with Crippen LogP contribution in [-0.4, -0.2) is 19.0 Å². The fourth-order valence-electron chi connectivity index (χ4n) is 0.817. The summed E-state index contributed by atoms with van der Waals surface area (Å²) < 4.78 is 9.15. The molecule has 4 nitrogen and oxygen atoms in total. The standard InChI is InChI=1S/C10H16O4/c1-8(11)14-6-5-10(2,3)7-9(12)13-4/h5-6H,7H2,1-4H3. The van der Waals surface area contributed by atoms with E-state index in [0.29, 0.717) is 0 Å². The molecule has 0 saturated carbocycles. The topological polar surface area (TPSA) is 52.6 Å². The molecule has 0 rings (SSSR count). The van der Waals surface area contributed by atoms with E-state index in [1.54, 1.807) is 6.08 Å². The van der Waals surface area contributed by atoms with Gasteiger partial charge in [-0.25, -0.2) is 0 Å². The van der Waals surface area contributed by atoms with E-state index in [1.165, 1.54) is 20.3 Å². The van der Waals surface area contributed by atoms with Gasteiger partial charge in [-0.15, -0.1) is 0 Å². The molecule has 0 aromatic heterocycles. The van der Waals surface area contributed by atoms with Crippen LogP contribution in [0.1, 0.15) is 27.2 Å². The summed E-state index contributed by atoms with van der Waals surface area (Å²) in [6, 6.07) is 0. The van der Waals surface area contributed by atoms with Crippen molar-refractivity contribution in [1.29, 1.82) is 0 Å². The normalized spacial score (nSPS) is 11.4. The Morgan fingerprint density at radius 2 is 1.93 bits per heavy atom. The Kier molecular flexibility index (Phi) is 4.91. The van der Waals surface area contributed by atoms with Crippen LogP contribution in [0.25, 0.3) is 0 Å². The minimum atomic E-state index is -0.380. The Bertz CT molecular complexity index is 241. The summed E-state index contributed by atoms with van der Waals surface area (Å²) in [5.41, 5.74) is -0.372. The predicted molar refractivity (Wildman–Crippen MR) is 51.3 cm³/mol. The van der Waals surface area contributed by atoms with Crippen molar-refractivity contribution >= 4 is 11.9 Å². The van der Waals surface area contributed by atoms with Crippen LogP contribution in [0.5, 0.6) is 0 Å². The number of methoxy groups -OCH3 is 1. The van der Waals surface area contributed by atoms with Crippen molar-refractivity contribution in [3.05, 3.63) is 12.3 Å². The number of carbonyl (C=O) groups excluding carboxylic acids is 2. The highest BCUT2D eigenvalue weighted by atomic mass is 16.5. The highest BCUT2D eigenvalue weighted by Crippen LogP contribution is 2.22. The SMILES string of the molecule is COC(=O)CC(C)(C)C=COC(C)=O. The molecule has 0 radical (unpaired) electrons. The van der Waals surface area contributed by atoms with Gasteiger partial charge in [0.2, 0.25) is 0 Å². The lowest BCUT2D eigenvalue weighted by atomic mass is 9.90. The first-order chi connectivity index (χ1) is 6.37. The van der Waals surface area contributed by atoms with E-state index < -0.39 is 0 Å². The molecule has 0 aromatic carbocycles. The minimum Gasteiger partial charge on any atom is -0.469 e. The first-order valence-corrected chi connectivity index (χ1v) is 4.29. The van der Waals surface area contributed by atoms with Gasteiger partial charge >= 0.3 is 11.9 Å². The summed E-state index contributed by atoms with van der Waals surface area (Å²) in [4.78, 5) is 21.4. The summed E-state index contributed by atoms with van der Waals surface area (Å²) in [5, 5.41) is 0. The highest BCUT2D eigenvalue weighted by Gasteiger charge is 2.19. The van der Waals surface area contributed by atoms with Gasteiger partial charge in [-0.05, 0) is 11.5 Å². The van der Waals surface area contributed by atoms with E-state index in [4.69, 9.17) is 0 Å². The summed E-state index contributed by atoms with van der Waals surface area (Å²) in [5.74, 6) is -0.669. The van der Waals surface area contributed by atoms with Crippen LogP contribution < -0.4 is 0 Å². The zero-order valence-corrected chi connectivity index (χ0v) is 8.99. The maximum absolute atomic E-state index is 11.0. The number of carbonyl (C=O) groups is 2. The quantitative estimate of drug-likeness (QED) is 0.511.